The predicted octanol–water partition coefficient (Wildman–Crippen LogP) is 1.83. The molecule has 1 aliphatic rings. The van der Waals surface area contributed by atoms with E-state index in [4.69, 9.17) is 0 Å². The highest BCUT2D eigenvalue weighted by atomic mass is 32.2. The van der Waals surface area contributed by atoms with Crippen molar-refractivity contribution in [2.45, 2.75) is 11.4 Å². The van der Waals surface area contributed by atoms with E-state index in [2.05, 4.69) is 9.71 Å². The topological polar surface area (TPSA) is 104 Å². The van der Waals surface area contributed by atoms with Crippen molar-refractivity contribution in [2.75, 3.05) is 26.0 Å². The van der Waals surface area contributed by atoms with Gasteiger partial charge in [-0.2, -0.15) is 8.42 Å². The van der Waals surface area contributed by atoms with Gasteiger partial charge in [-0.1, -0.05) is 24.3 Å². The highest BCUT2D eigenvalue weighted by Gasteiger charge is 2.29. The smallest absolute Gasteiger partial charge is 0.286 e. The predicted molar refractivity (Wildman–Crippen MR) is 112 cm³/mol. The minimum Gasteiger partial charge on any atom is -0.506 e. The number of pyridine rings is 1. The van der Waals surface area contributed by atoms with Gasteiger partial charge in [0.2, 0.25) is 0 Å². The van der Waals surface area contributed by atoms with E-state index in [0.717, 1.165) is 0 Å². The first-order chi connectivity index (χ1) is 13.8. The van der Waals surface area contributed by atoms with Gasteiger partial charge in [0.05, 0.1) is 11.2 Å². The fourth-order valence-corrected chi connectivity index (χ4v) is 4.47. The molecule has 8 nitrogen and oxygen atoms in total. The van der Waals surface area contributed by atoms with Crippen LogP contribution in [0.1, 0.15) is 5.56 Å². The highest BCUT2D eigenvalue weighted by Crippen LogP contribution is 2.32. The molecule has 0 saturated heterocycles. The van der Waals surface area contributed by atoms with Crippen molar-refractivity contribution in [3.05, 3.63) is 64.4 Å². The number of amidine groups is 1. The van der Waals surface area contributed by atoms with Gasteiger partial charge >= 0.3 is 0 Å². The Morgan fingerprint density at radius 1 is 1.10 bits per heavy atom. The van der Waals surface area contributed by atoms with Gasteiger partial charge in [0.1, 0.15) is 16.2 Å². The van der Waals surface area contributed by atoms with Gasteiger partial charge < -0.3 is 19.9 Å². The first kappa shape index (κ1) is 19.2. The van der Waals surface area contributed by atoms with E-state index >= 15 is 0 Å². The van der Waals surface area contributed by atoms with Crippen LogP contribution in [0.4, 0.5) is 5.69 Å². The maximum absolute atomic E-state index is 13.3. The molecular formula is C20H20N4O4S. The number of fused-ring (bicyclic) bond motifs is 2. The lowest BCUT2D eigenvalue weighted by atomic mass is 10.1. The molecule has 0 unspecified atom stereocenters. The number of nitrogens with one attached hydrogen (secondary N) is 1. The van der Waals surface area contributed by atoms with Gasteiger partial charge in [0.15, 0.2) is 5.84 Å². The summed E-state index contributed by atoms with van der Waals surface area (Å²) in [5.74, 6) is -0.483. The highest BCUT2D eigenvalue weighted by molar-refractivity contribution is 7.90. The summed E-state index contributed by atoms with van der Waals surface area (Å²) in [7, 11) is -0.219. The Morgan fingerprint density at radius 2 is 1.79 bits per heavy atom. The summed E-state index contributed by atoms with van der Waals surface area (Å²) in [5, 5.41) is 14.2. The van der Waals surface area contributed by atoms with Gasteiger partial charge in [-0.05, 0) is 38.4 Å². The number of benzene rings is 2. The third-order valence-corrected chi connectivity index (χ3v) is 6.12. The molecular weight excluding hydrogens is 392 g/mol. The summed E-state index contributed by atoms with van der Waals surface area (Å²) in [6.45, 7) is 0.964. The largest absolute Gasteiger partial charge is 0.506 e. The minimum atomic E-state index is -4.01. The number of sulfonamides is 1. The summed E-state index contributed by atoms with van der Waals surface area (Å²) in [6.07, 6.45) is 0. The molecule has 0 radical (unpaired) electrons. The van der Waals surface area contributed by atoms with Crippen LogP contribution in [-0.2, 0) is 16.6 Å². The van der Waals surface area contributed by atoms with Crippen molar-refractivity contribution in [3.8, 4) is 5.75 Å². The van der Waals surface area contributed by atoms with E-state index in [1.54, 1.807) is 42.5 Å². The number of para-hydroxylation sites is 2. The van der Waals surface area contributed by atoms with E-state index in [1.807, 2.05) is 19.0 Å². The Kier molecular flexibility index (Phi) is 4.64. The van der Waals surface area contributed by atoms with Crippen LogP contribution in [0.15, 0.2) is 62.6 Å². The minimum absolute atomic E-state index is 0.0250. The van der Waals surface area contributed by atoms with Gasteiger partial charge in [-0.3, -0.25) is 4.79 Å². The Hall–Kier alpha value is -3.17. The van der Waals surface area contributed by atoms with Crippen LogP contribution in [0.2, 0.25) is 0 Å². The van der Waals surface area contributed by atoms with Crippen molar-refractivity contribution < 1.29 is 13.5 Å². The summed E-state index contributed by atoms with van der Waals surface area (Å²) in [6, 6.07) is 13.3. The molecule has 0 aliphatic carbocycles. The fourth-order valence-electron chi connectivity index (χ4n) is 3.35. The van der Waals surface area contributed by atoms with Gasteiger partial charge in [0.25, 0.3) is 15.6 Å². The van der Waals surface area contributed by atoms with E-state index in [0.29, 0.717) is 29.7 Å². The van der Waals surface area contributed by atoms with Crippen LogP contribution < -0.4 is 10.9 Å². The number of aromatic hydroxyl groups is 1. The number of nitrogens with zero attached hydrogens (tertiary/aromatic N) is 3. The second-order valence-corrected chi connectivity index (χ2v) is 8.61. The van der Waals surface area contributed by atoms with Crippen LogP contribution in [0, 0.1) is 0 Å². The first-order valence-electron chi connectivity index (χ1n) is 9.00. The molecule has 2 heterocycles. The van der Waals surface area contributed by atoms with Crippen LogP contribution >= 0.6 is 0 Å². The molecule has 0 amide bonds. The molecule has 1 aliphatic heterocycles. The molecule has 0 fully saturated rings. The molecule has 29 heavy (non-hydrogen) atoms. The summed E-state index contributed by atoms with van der Waals surface area (Å²) in [4.78, 5) is 15.3. The van der Waals surface area contributed by atoms with Crippen molar-refractivity contribution in [1.29, 1.82) is 0 Å². The van der Waals surface area contributed by atoms with Crippen LogP contribution in [0.25, 0.3) is 10.9 Å². The zero-order chi connectivity index (χ0) is 20.8. The SMILES string of the molecule is CN(C)CCn1c(=O)c(C2=NS(=O)(=O)c3ccccc3N2)c(O)c2ccccc21. The normalized spacial score (nSPS) is 15.1. The molecule has 2 aromatic carbocycles. The van der Waals surface area contributed by atoms with Crippen LogP contribution in [0.5, 0.6) is 5.75 Å². The quantitative estimate of drug-likeness (QED) is 0.678. The third kappa shape index (κ3) is 3.28. The molecule has 2 N–H and O–H groups in total. The average Bonchev–Trinajstić information content (AvgIpc) is 2.67. The molecule has 9 heteroatoms. The van der Waals surface area contributed by atoms with Gasteiger partial charge in [-0.15, -0.1) is 4.40 Å². The molecule has 150 valence electrons. The number of rotatable bonds is 4. The van der Waals surface area contributed by atoms with Crippen LogP contribution in [-0.4, -0.2) is 49.5 Å². The molecule has 4 rings (SSSR count). The second kappa shape index (κ2) is 7.02. The zero-order valence-corrected chi connectivity index (χ0v) is 16.8. The molecule has 0 spiro atoms. The third-order valence-electron chi connectivity index (χ3n) is 4.78. The molecule has 0 saturated carbocycles. The molecule has 0 bridgehead atoms. The maximum Gasteiger partial charge on any atom is 0.286 e. The Balaban J connectivity index is 1.98. The number of hydrogen-bond acceptors (Lipinski definition) is 6. The van der Waals surface area contributed by atoms with E-state index in [9.17, 15) is 18.3 Å². The molecule has 3 aromatic rings. The second-order valence-electron chi connectivity index (χ2n) is 7.04. The zero-order valence-electron chi connectivity index (χ0n) is 16.0. The van der Waals surface area contributed by atoms with Crippen molar-refractivity contribution >= 4 is 32.4 Å². The standard InChI is InChI=1S/C20H20N4O4S/c1-23(2)11-12-24-15-9-5-3-7-13(15)18(25)17(20(24)26)19-21-14-8-4-6-10-16(14)29(27,28)22-19/h3-10,25H,11-12H2,1-2H3,(H,21,22). The number of aromatic nitrogens is 1. The van der Waals surface area contributed by atoms with Crippen molar-refractivity contribution in [1.82, 2.24) is 9.47 Å². The summed E-state index contributed by atoms with van der Waals surface area (Å²) < 4.78 is 30.6. The Labute approximate surface area is 167 Å². The Bertz CT molecular complexity index is 1310. The maximum atomic E-state index is 13.3. The summed E-state index contributed by atoms with van der Waals surface area (Å²) >= 11 is 0. The van der Waals surface area contributed by atoms with E-state index < -0.39 is 15.6 Å². The van der Waals surface area contributed by atoms with Gasteiger partial charge in [0, 0.05) is 18.5 Å². The Morgan fingerprint density at radius 3 is 2.55 bits per heavy atom. The summed E-state index contributed by atoms with van der Waals surface area (Å²) in [5.41, 5.74) is 0.203. The van der Waals surface area contributed by atoms with Crippen LogP contribution in [0.3, 0.4) is 0 Å². The lowest BCUT2D eigenvalue weighted by Gasteiger charge is -2.21. The van der Waals surface area contributed by atoms with E-state index in [-0.39, 0.29) is 22.0 Å². The number of hydrogen-bond donors (Lipinski definition) is 2. The van der Waals surface area contributed by atoms with E-state index in [1.165, 1.54) is 10.6 Å². The average molecular weight is 412 g/mol. The number of anilines is 1. The molecule has 1 aromatic heterocycles. The monoisotopic (exact) mass is 412 g/mol. The number of likely N-dealkylation sites (N-methyl/N-ethyl adjacent to an activating group) is 1. The first-order valence-corrected chi connectivity index (χ1v) is 10.4. The van der Waals surface area contributed by atoms with Gasteiger partial charge in [-0.25, -0.2) is 0 Å². The lowest BCUT2D eigenvalue weighted by Crippen LogP contribution is -2.34. The lowest BCUT2D eigenvalue weighted by molar-refractivity contribution is 0.383. The molecule has 0 atom stereocenters. The fraction of sp³-hybridized carbons (Fsp3) is 0.200. The van der Waals surface area contributed by atoms with Crippen molar-refractivity contribution in [3.63, 3.8) is 0 Å². The van der Waals surface area contributed by atoms with Crippen molar-refractivity contribution in [2.24, 2.45) is 4.40 Å².